The van der Waals surface area contributed by atoms with Crippen LogP contribution in [0.5, 0.6) is 0 Å². The van der Waals surface area contributed by atoms with Crippen LogP contribution in [0.1, 0.15) is 94.2 Å². The molecule has 0 bridgehead atoms. The number of halogens is 3. The minimum Gasteiger partial charge on any atom is -0.405 e. The van der Waals surface area contributed by atoms with Crippen LogP contribution in [-0.2, 0) is 27.9 Å². The van der Waals surface area contributed by atoms with Gasteiger partial charge in [0.05, 0.1) is 56.9 Å². The van der Waals surface area contributed by atoms with E-state index in [1.54, 1.807) is 12.1 Å². The Morgan fingerprint density at radius 3 is 1.20 bits per heavy atom. The second-order valence-corrected chi connectivity index (χ2v) is 15.4. The van der Waals surface area contributed by atoms with Gasteiger partial charge in [-0.2, -0.15) is 10.5 Å². The Hall–Kier alpha value is -2.29. The molecule has 0 radical (unpaired) electrons. The molecule has 0 unspecified atom stereocenters. The Bertz CT molecular complexity index is 1420. The van der Waals surface area contributed by atoms with Gasteiger partial charge in [0.2, 0.25) is 0 Å². The van der Waals surface area contributed by atoms with Crippen LogP contribution in [0, 0.1) is 34.3 Å². The van der Waals surface area contributed by atoms with E-state index in [0.29, 0.717) is 15.5 Å². The van der Waals surface area contributed by atoms with E-state index < -0.39 is 44.0 Å². The predicted octanol–water partition coefficient (Wildman–Crippen LogP) is 6.71. The molecule has 46 heavy (non-hydrogen) atoms. The molecule has 3 aliphatic rings. The fourth-order valence-electron chi connectivity index (χ4n) is 4.41. The SMILES string of the molecule is CC1(C)OB(B2OC(C)(C)C(C)(C)O2)OC1(C)C.CC1(C)OB(c2cc(F)cc(C#N)c2)OC1(C)C.N#Cc1cc(F)cc(Br)c1. The summed E-state index contributed by atoms with van der Waals surface area (Å²) in [6, 6.07) is 11.9. The second-order valence-electron chi connectivity index (χ2n) is 14.5. The predicted molar refractivity (Wildman–Crippen MR) is 178 cm³/mol. The molecule has 3 aliphatic heterocycles. The van der Waals surface area contributed by atoms with Crippen LogP contribution >= 0.6 is 15.9 Å². The topological polar surface area (TPSA) is 103 Å². The summed E-state index contributed by atoms with van der Waals surface area (Å²) < 4.78 is 61.9. The average molecular weight is 701 g/mol. The van der Waals surface area contributed by atoms with E-state index in [1.165, 1.54) is 24.3 Å². The Morgan fingerprint density at radius 1 is 0.522 bits per heavy atom. The first-order valence-electron chi connectivity index (χ1n) is 15.0. The van der Waals surface area contributed by atoms with Crippen molar-refractivity contribution in [2.75, 3.05) is 0 Å². The molecule has 0 spiro atoms. The number of nitriles is 2. The second kappa shape index (κ2) is 13.3. The van der Waals surface area contributed by atoms with Crippen molar-refractivity contribution in [1.29, 1.82) is 10.5 Å². The van der Waals surface area contributed by atoms with E-state index in [4.69, 9.17) is 38.4 Å². The molecule has 0 aromatic heterocycles. The van der Waals surface area contributed by atoms with E-state index in [1.807, 2.05) is 95.2 Å². The lowest BCUT2D eigenvalue weighted by molar-refractivity contribution is 0.00578. The average Bonchev–Trinajstić information content (AvgIpc) is 3.37. The van der Waals surface area contributed by atoms with Crippen molar-refractivity contribution >= 4 is 42.5 Å². The number of hydrogen-bond donors (Lipinski definition) is 0. The van der Waals surface area contributed by atoms with Crippen molar-refractivity contribution < 1.29 is 36.7 Å². The van der Waals surface area contributed by atoms with Gasteiger partial charge < -0.3 is 27.9 Å². The molecular weight excluding hydrogens is 659 g/mol. The number of benzene rings is 2. The zero-order valence-corrected chi connectivity index (χ0v) is 30.3. The molecular formula is C32H42B3BrF2N2O6. The number of nitrogens with zero attached hydrogens (tertiary/aromatic N) is 2. The van der Waals surface area contributed by atoms with Gasteiger partial charge in [0.25, 0.3) is 0 Å². The Kier molecular flexibility index (Phi) is 11.0. The lowest BCUT2D eigenvalue weighted by Gasteiger charge is -2.32. The van der Waals surface area contributed by atoms with Crippen LogP contribution in [0.25, 0.3) is 0 Å². The maximum absolute atomic E-state index is 13.4. The molecule has 14 heteroatoms. The van der Waals surface area contributed by atoms with Crippen molar-refractivity contribution in [3.05, 3.63) is 63.6 Å². The van der Waals surface area contributed by atoms with Gasteiger partial charge in [-0.1, -0.05) is 15.9 Å². The molecule has 246 valence electrons. The van der Waals surface area contributed by atoms with E-state index in [2.05, 4.69) is 15.9 Å². The molecule has 5 rings (SSSR count). The Labute approximate surface area is 281 Å². The van der Waals surface area contributed by atoms with Crippen molar-refractivity contribution in [3.63, 3.8) is 0 Å². The summed E-state index contributed by atoms with van der Waals surface area (Å²) in [7, 11) is -1.59. The molecule has 3 saturated heterocycles. The highest BCUT2D eigenvalue weighted by atomic mass is 79.9. The fourth-order valence-corrected chi connectivity index (χ4v) is 4.88. The quantitative estimate of drug-likeness (QED) is 0.319. The first-order valence-corrected chi connectivity index (χ1v) is 15.8. The molecule has 8 nitrogen and oxygen atoms in total. The van der Waals surface area contributed by atoms with Gasteiger partial charge in [-0.25, -0.2) is 8.78 Å². The number of rotatable bonds is 2. The normalized spacial score (nSPS) is 22.6. The minimum absolute atomic E-state index is 0.264. The summed E-state index contributed by atoms with van der Waals surface area (Å²) in [5.74, 6) is -0.857. The number of hydrogen-bond acceptors (Lipinski definition) is 8. The Balaban J connectivity index is 0.000000196. The van der Waals surface area contributed by atoms with E-state index in [9.17, 15) is 8.78 Å². The highest BCUT2D eigenvalue weighted by Crippen LogP contribution is 2.43. The molecule has 0 aliphatic carbocycles. The van der Waals surface area contributed by atoms with Crippen LogP contribution in [0.3, 0.4) is 0 Å². The summed E-state index contributed by atoms with van der Waals surface area (Å²) in [5.41, 5.74) is -1.27. The van der Waals surface area contributed by atoms with Crippen molar-refractivity contribution in [3.8, 4) is 12.1 Å². The molecule has 0 amide bonds. The van der Waals surface area contributed by atoms with Gasteiger partial charge in [-0.15, -0.1) is 0 Å². The molecule has 3 heterocycles. The van der Waals surface area contributed by atoms with Crippen LogP contribution in [0.4, 0.5) is 8.78 Å². The summed E-state index contributed by atoms with van der Waals surface area (Å²) in [6.45, 7) is 23.9. The van der Waals surface area contributed by atoms with E-state index >= 15 is 0 Å². The lowest BCUT2D eigenvalue weighted by atomic mass is 9.49. The van der Waals surface area contributed by atoms with Gasteiger partial charge in [0.1, 0.15) is 11.6 Å². The first kappa shape index (κ1) is 38.2. The van der Waals surface area contributed by atoms with E-state index in [-0.39, 0.29) is 28.0 Å². The smallest absolute Gasteiger partial charge is 0.405 e. The van der Waals surface area contributed by atoms with Crippen LogP contribution in [0.15, 0.2) is 40.9 Å². The highest BCUT2D eigenvalue weighted by molar-refractivity contribution is 9.10. The van der Waals surface area contributed by atoms with Crippen molar-refractivity contribution in [2.24, 2.45) is 0 Å². The minimum atomic E-state index is -0.641. The molecule has 0 N–H and O–H groups in total. The maximum Gasteiger partial charge on any atom is 0.494 e. The van der Waals surface area contributed by atoms with Gasteiger partial charge in [-0.05, 0) is 125 Å². The summed E-state index contributed by atoms with van der Waals surface area (Å²) in [6.07, 6.45) is 0. The Morgan fingerprint density at radius 2 is 0.848 bits per heavy atom. The molecule has 2 aromatic rings. The summed E-state index contributed by atoms with van der Waals surface area (Å²) in [5, 5.41) is 17.2. The third-order valence-corrected chi connectivity index (χ3v) is 9.79. The molecule has 2 aromatic carbocycles. The third-order valence-electron chi connectivity index (χ3n) is 9.33. The fraction of sp³-hybridized carbons (Fsp3) is 0.562. The monoisotopic (exact) mass is 700 g/mol. The highest BCUT2D eigenvalue weighted by Gasteiger charge is 2.63. The van der Waals surface area contributed by atoms with E-state index in [0.717, 1.165) is 0 Å². The summed E-state index contributed by atoms with van der Waals surface area (Å²) in [4.78, 5) is 0. The van der Waals surface area contributed by atoms with Crippen molar-refractivity contribution in [1.82, 2.24) is 0 Å². The van der Waals surface area contributed by atoms with Crippen LogP contribution in [0.2, 0.25) is 0 Å². The van der Waals surface area contributed by atoms with Crippen molar-refractivity contribution in [2.45, 2.75) is 117 Å². The standard InChI is InChI=1S/C13H15BFNO2.C12H24B2O4.C7H3BrFN/c1-12(2)13(3,4)18-14(17-12)10-5-9(8-16)6-11(15)7-10;1-9(2)10(3,4)16-13(15-9)14-17-11(5,6)12(7,8)18-14;8-6-1-5(4-10)2-7(9)3-6/h5-7H,1-4H3;1-8H3;1-3H. The summed E-state index contributed by atoms with van der Waals surface area (Å²) >= 11 is 3.06. The maximum atomic E-state index is 13.4. The van der Waals surface area contributed by atoms with Gasteiger partial charge in [0, 0.05) is 4.47 Å². The van der Waals surface area contributed by atoms with Gasteiger partial charge in [0.15, 0.2) is 0 Å². The van der Waals surface area contributed by atoms with Gasteiger partial charge >= 0.3 is 21.1 Å². The largest absolute Gasteiger partial charge is 0.494 e. The first-order chi connectivity index (χ1) is 20.8. The van der Waals surface area contributed by atoms with Crippen LogP contribution < -0.4 is 5.46 Å². The van der Waals surface area contributed by atoms with Gasteiger partial charge in [-0.3, -0.25) is 0 Å². The third kappa shape index (κ3) is 8.40. The molecule has 0 atom stereocenters. The zero-order chi connectivity index (χ0) is 35.1. The molecule has 3 fully saturated rings. The zero-order valence-electron chi connectivity index (χ0n) is 28.7. The van der Waals surface area contributed by atoms with Crippen LogP contribution in [-0.4, -0.2) is 54.7 Å². The lowest BCUT2D eigenvalue weighted by Crippen LogP contribution is -2.41. The molecule has 0 saturated carbocycles.